The normalized spacial score (nSPS) is 10.5. The van der Waals surface area contributed by atoms with Gasteiger partial charge in [0, 0.05) is 7.05 Å². The van der Waals surface area contributed by atoms with E-state index < -0.39 is 16.8 Å². The molecule has 0 fully saturated rings. The van der Waals surface area contributed by atoms with Gasteiger partial charge >= 0.3 is 11.7 Å². The van der Waals surface area contributed by atoms with E-state index in [1.807, 2.05) is 0 Å². The Labute approximate surface area is 123 Å². The Hall–Kier alpha value is -3.17. The van der Waals surface area contributed by atoms with Crippen molar-refractivity contribution >= 4 is 17.6 Å². The fourth-order valence-corrected chi connectivity index (χ4v) is 1.96. The summed E-state index contributed by atoms with van der Waals surface area (Å²) in [4.78, 5) is 33.1. The van der Waals surface area contributed by atoms with E-state index in [4.69, 9.17) is 9.52 Å². The van der Waals surface area contributed by atoms with Crippen molar-refractivity contribution in [3.63, 3.8) is 0 Å². The van der Waals surface area contributed by atoms with Crippen LogP contribution in [0.4, 0.5) is 5.69 Å². The van der Waals surface area contributed by atoms with Gasteiger partial charge < -0.3 is 14.8 Å². The number of carboxylic acid groups (broad SMARTS) is 1. The molecule has 0 aliphatic rings. The Bertz CT molecular complexity index is 760. The molecule has 0 saturated heterocycles. The Balaban J connectivity index is 2.16. The Morgan fingerprint density at radius 1 is 1.50 bits per heavy atom. The number of carbonyl (C=O) groups excluding carboxylic acids is 1. The van der Waals surface area contributed by atoms with Crippen molar-refractivity contribution in [3.8, 4) is 0 Å². The van der Waals surface area contributed by atoms with E-state index in [1.165, 1.54) is 26.1 Å². The minimum absolute atomic E-state index is 0.104. The van der Waals surface area contributed by atoms with Gasteiger partial charge in [-0.05, 0) is 19.1 Å². The van der Waals surface area contributed by atoms with Crippen molar-refractivity contribution in [1.29, 1.82) is 0 Å². The number of aryl methyl sites for hydroxylation is 2. The predicted octanol–water partition coefficient (Wildman–Crippen LogP) is 0.858. The van der Waals surface area contributed by atoms with Crippen molar-refractivity contribution < 1.29 is 24.0 Å². The fraction of sp³-hybridized carbons (Fsp3) is 0.250. The number of nitrogens with zero attached hydrogens (tertiary/aromatic N) is 3. The average Bonchev–Trinajstić information content (AvgIpc) is 3.00. The lowest BCUT2D eigenvalue weighted by atomic mass is 10.3. The van der Waals surface area contributed by atoms with E-state index in [2.05, 4.69) is 10.4 Å². The van der Waals surface area contributed by atoms with Crippen LogP contribution in [0, 0.1) is 17.0 Å². The standard InChI is InChI=1S/C12H12N4O6/c1-6-9(16(20)21)10(15(2)14-6)11(17)13-5-7-3-4-8(22-7)12(18)19/h3-4H,5H2,1-2H3,(H,13,17)(H,18,19). The van der Waals surface area contributed by atoms with Crippen LogP contribution in [-0.4, -0.2) is 31.7 Å². The third kappa shape index (κ3) is 2.80. The minimum Gasteiger partial charge on any atom is -0.475 e. The van der Waals surface area contributed by atoms with Crippen molar-refractivity contribution in [1.82, 2.24) is 15.1 Å². The summed E-state index contributed by atoms with van der Waals surface area (Å²) in [5, 5.41) is 26.0. The summed E-state index contributed by atoms with van der Waals surface area (Å²) >= 11 is 0. The number of hydrogen-bond donors (Lipinski definition) is 2. The van der Waals surface area contributed by atoms with E-state index in [1.54, 1.807) is 0 Å². The molecule has 2 aromatic rings. The molecule has 2 aromatic heterocycles. The van der Waals surface area contributed by atoms with Gasteiger partial charge in [-0.1, -0.05) is 0 Å². The lowest BCUT2D eigenvalue weighted by Crippen LogP contribution is -2.25. The van der Waals surface area contributed by atoms with Crippen LogP contribution in [0.2, 0.25) is 0 Å². The molecular weight excluding hydrogens is 296 g/mol. The molecule has 1 amide bonds. The van der Waals surface area contributed by atoms with Crippen LogP contribution in [0.25, 0.3) is 0 Å². The maximum absolute atomic E-state index is 12.1. The first-order chi connectivity index (χ1) is 10.3. The Kier molecular flexibility index (Phi) is 3.93. The van der Waals surface area contributed by atoms with Gasteiger partial charge in [-0.3, -0.25) is 19.6 Å². The van der Waals surface area contributed by atoms with Crippen molar-refractivity contribution in [2.24, 2.45) is 7.05 Å². The van der Waals surface area contributed by atoms with Crippen molar-refractivity contribution in [2.45, 2.75) is 13.5 Å². The van der Waals surface area contributed by atoms with Crippen LogP contribution >= 0.6 is 0 Å². The lowest BCUT2D eigenvalue weighted by Gasteiger charge is -2.03. The third-order valence-electron chi connectivity index (χ3n) is 2.88. The van der Waals surface area contributed by atoms with Crippen LogP contribution < -0.4 is 5.32 Å². The number of aromatic nitrogens is 2. The first-order valence-electron chi connectivity index (χ1n) is 6.09. The van der Waals surface area contributed by atoms with Gasteiger partial charge in [0.1, 0.15) is 11.5 Å². The highest BCUT2D eigenvalue weighted by molar-refractivity contribution is 5.96. The molecule has 2 N–H and O–H groups in total. The molecule has 2 heterocycles. The van der Waals surface area contributed by atoms with Crippen LogP contribution in [0.3, 0.4) is 0 Å². The summed E-state index contributed by atoms with van der Waals surface area (Å²) in [5.41, 5.74) is -0.429. The van der Waals surface area contributed by atoms with Gasteiger partial charge in [0.2, 0.25) is 11.5 Å². The molecule has 0 aromatic carbocycles. The highest BCUT2D eigenvalue weighted by Gasteiger charge is 2.29. The van der Waals surface area contributed by atoms with E-state index in [9.17, 15) is 19.7 Å². The number of furan rings is 1. The molecular formula is C12H12N4O6. The zero-order valence-corrected chi connectivity index (χ0v) is 11.7. The summed E-state index contributed by atoms with van der Waals surface area (Å²) in [7, 11) is 1.42. The van der Waals surface area contributed by atoms with E-state index in [0.717, 1.165) is 4.68 Å². The molecule has 0 spiro atoms. The number of amides is 1. The molecule has 22 heavy (non-hydrogen) atoms. The number of hydrogen-bond acceptors (Lipinski definition) is 6. The Morgan fingerprint density at radius 3 is 2.73 bits per heavy atom. The van der Waals surface area contributed by atoms with Gasteiger partial charge in [-0.25, -0.2) is 4.79 Å². The highest BCUT2D eigenvalue weighted by atomic mass is 16.6. The molecule has 0 unspecified atom stereocenters. The number of carbonyl (C=O) groups is 2. The highest BCUT2D eigenvalue weighted by Crippen LogP contribution is 2.22. The first-order valence-corrected chi connectivity index (χ1v) is 6.09. The maximum Gasteiger partial charge on any atom is 0.371 e. The van der Waals surface area contributed by atoms with Crippen molar-refractivity contribution in [2.75, 3.05) is 0 Å². The second-order valence-corrected chi connectivity index (χ2v) is 4.42. The Morgan fingerprint density at radius 2 is 2.18 bits per heavy atom. The van der Waals surface area contributed by atoms with Gasteiger partial charge in [-0.15, -0.1) is 0 Å². The number of rotatable bonds is 5. The van der Waals surface area contributed by atoms with E-state index in [0.29, 0.717) is 0 Å². The molecule has 0 bridgehead atoms. The van der Waals surface area contributed by atoms with Gasteiger partial charge in [-0.2, -0.15) is 5.10 Å². The fourth-order valence-electron chi connectivity index (χ4n) is 1.96. The van der Waals surface area contributed by atoms with Gasteiger partial charge in [0.25, 0.3) is 5.91 Å². The topological polar surface area (TPSA) is 140 Å². The molecule has 10 heteroatoms. The van der Waals surface area contributed by atoms with Crippen molar-refractivity contribution in [3.05, 3.63) is 45.2 Å². The van der Waals surface area contributed by atoms with Crippen LogP contribution in [0.15, 0.2) is 16.5 Å². The quantitative estimate of drug-likeness (QED) is 0.616. The molecule has 116 valence electrons. The SMILES string of the molecule is Cc1nn(C)c(C(=O)NCc2ccc(C(=O)O)o2)c1[N+](=O)[O-]. The van der Waals surface area contributed by atoms with Gasteiger partial charge in [0.05, 0.1) is 11.5 Å². The summed E-state index contributed by atoms with van der Waals surface area (Å²) in [6.07, 6.45) is 0. The molecule has 2 rings (SSSR count). The average molecular weight is 308 g/mol. The predicted molar refractivity (Wildman–Crippen MR) is 71.4 cm³/mol. The van der Waals surface area contributed by atoms with Crippen LogP contribution in [0.5, 0.6) is 0 Å². The molecule has 0 aliphatic heterocycles. The molecule has 0 saturated carbocycles. The largest absolute Gasteiger partial charge is 0.475 e. The smallest absolute Gasteiger partial charge is 0.371 e. The molecule has 0 radical (unpaired) electrons. The van der Waals surface area contributed by atoms with E-state index >= 15 is 0 Å². The maximum atomic E-state index is 12.1. The second kappa shape index (κ2) is 5.68. The summed E-state index contributed by atoms with van der Waals surface area (Å²) in [5.74, 6) is -1.97. The van der Waals surface area contributed by atoms with E-state index in [-0.39, 0.29) is 35.1 Å². The number of nitrogens with one attached hydrogen (secondary N) is 1. The summed E-state index contributed by atoms with van der Waals surface area (Å²) in [6, 6.07) is 2.65. The monoisotopic (exact) mass is 308 g/mol. The number of nitro groups is 1. The number of aromatic carboxylic acids is 1. The minimum atomic E-state index is -1.23. The number of carboxylic acids is 1. The second-order valence-electron chi connectivity index (χ2n) is 4.42. The van der Waals surface area contributed by atoms with Crippen LogP contribution in [0.1, 0.15) is 32.5 Å². The third-order valence-corrected chi connectivity index (χ3v) is 2.88. The van der Waals surface area contributed by atoms with Crippen LogP contribution in [-0.2, 0) is 13.6 Å². The molecule has 10 nitrogen and oxygen atoms in total. The van der Waals surface area contributed by atoms with Gasteiger partial charge in [0.15, 0.2) is 0 Å². The summed E-state index contributed by atoms with van der Waals surface area (Å²) < 4.78 is 6.09. The molecule has 0 atom stereocenters. The molecule has 0 aliphatic carbocycles. The zero-order valence-electron chi connectivity index (χ0n) is 11.7. The zero-order chi connectivity index (χ0) is 16.4. The summed E-state index contributed by atoms with van der Waals surface area (Å²) in [6.45, 7) is 1.33. The lowest BCUT2D eigenvalue weighted by molar-refractivity contribution is -0.385. The first kappa shape index (κ1) is 15.2.